The largest absolute Gasteiger partial charge is 0.350 e. The monoisotopic (exact) mass is 373 g/mol. The van der Waals surface area contributed by atoms with Gasteiger partial charge in [0.2, 0.25) is 0 Å². The molecule has 1 aliphatic rings. The molecule has 0 saturated carbocycles. The van der Waals surface area contributed by atoms with E-state index in [2.05, 4.69) is 41.4 Å². The minimum Gasteiger partial charge on any atom is -0.350 e. The van der Waals surface area contributed by atoms with Crippen molar-refractivity contribution < 1.29 is 4.79 Å². The molecule has 0 aliphatic carbocycles. The lowest BCUT2D eigenvalue weighted by Gasteiger charge is -2.28. The van der Waals surface area contributed by atoms with Crippen LogP contribution in [0.15, 0.2) is 73.1 Å². The number of hydrogen-bond acceptors (Lipinski definition) is 2. The summed E-state index contributed by atoms with van der Waals surface area (Å²) < 4.78 is 2.01. The van der Waals surface area contributed by atoms with Crippen LogP contribution in [0.1, 0.15) is 40.4 Å². The fraction of sp³-hybridized carbons (Fsp3) is 0.292. The molecule has 1 amide bonds. The second kappa shape index (κ2) is 8.44. The van der Waals surface area contributed by atoms with E-state index in [9.17, 15) is 4.79 Å². The summed E-state index contributed by atoms with van der Waals surface area (Å²) in [6.07, 6.45) is 6.43. The van der Waals surface area contributed by atoms with E-state index in [4.69, 9.17) is 0 Å². The summed E-state index contributed by atoms with van der Waals surface area (Å²) in [5, 5.41) is 3.17. The molecule has 4 rings (SSSR count). The molecule has 4 heteroatoms. The molecular formula is C24H27N3O. The Balaban J connectivity index is 1.48. The SMILES string of the molecule is Cc1ccc(C(CNC(=O)c2cccc(-n3cccc3)c2)N2CCCC2)cc1. The van der Waals surface area contributed by atoms with Crippen LogP contribution in [-0.4, -0.2) is 35.0 Å². The molecular weight excluding hydrogens is 346 g/mol. The average molecular weight is 374 g/mol. The van der Waals surface area contributed by atoms with Gasteiger partial charge in [-0.2, -0.15) is 0 Å². The minimum absolute atomic E-state index is 0.0229. The summed E-state index contributed by atoms with van der Waals surface area (Å²) >= 11 is 0. The number of carbonyl (C=O) groups excluding carboxylic acids is 1. The van der Waals surface area contributed by atoms with E-state index in [1.165, 1.54) is 24.0 Å². The zero-order chi connectivity index (χ0) is 19.3. The molecule has 1 atom stereocenters. The second-order valence-electron chi connectivity index (χ2n) is 7.52. The number of benzene rings is 2. The number of carbonyl (C=O) groups is 1. The van der Waals surface area contributed by atoms with Crippen molar-refractivity contribution in [3.63, 3.8) is 0 Å². The van der Waals surface area contributed by atoms with Gasteiger partial charge in [0.1, 0.15) is 0 Å². The molecule has 0 spiro atoms. The van der Waals surface area contributed by atoms with E-state index in [1.54, 1.807) is 0 Å². The summed E-state index contributed by atoms with van der Waals surface area (Å²) in [7, 11) is 0. The van der Waals surface area contributed by atoms with Gasteiger partial charge >= 0.3 is 0 Å². The maximum atomic E-state index is 12.8. The quantitative estimate of drug-likeness (QED) is 0.697. The molecule has 1 saturated heterocycles. The normalized spacial score (nSPS) is 15.5. The third kappa shape index (κ3) is 4.18. The third-order valence-corrected chi connectivity index (χ3v) is 5.51. The number of aromatic nitrogens is 1. The first kappa shape index (κ1) is 18.5. The predicted octanol–water partition coefficient (Wildman–Crippen LogP) is 4.35. The van der Waals surface area contributed by atoms with Crippen LogP contribution >= 0.6 is 0 Å². The van der Waals surface area contributed by atoms with Gasteiger partial charge in [0.15, 0.2) is 0 Å². The molecule has 1 fully saturated rings. The van der Waals surface area contributed by atoms with Gasteiger partial charge in [-0.15, -0.1) is 0 Å². The van der Waals surface area contributed by atoms with Crippen molar-refractivity contribution in [2.75, 3.05) is 19.6 Å². The van der Waals surface area contributed by atoms with Crippen LogP contribution in [-0.2, 0) is 0 Å². The predicted molar refractivity (Wildman–Crippen MR) is 113 cm³/mol. The average Bonchev–Trinajstić information content (AvgIpc) is 3.44. The van der Waals surface area contributed by atoms with E-state index >= 15 is 0 Å². The summed E-state index contributed by atoms with van der Waals surface area (Å²) in [5.74, 6) is -0.0229. The van der Waals surface area contributed by atoms with Gasteiger partial charge in [-0.3, -0.25) is 9.69 Å². The van der Waals surface area contributed by atoms with E-state index in [0.29, 0.717) is 12.1 Å². The molecule has 1 N–H and O–H groups in total. The lowest BCUT2D eigenvalue weighted by molar-refractivity contribution is 0.0938. The first-order valence-electron chi connectivity index (χ1n) is 10.0. The number of nitrogens with zero attached hydrogens (tertiary/aromatic N) is 2. The van der Waals surface area contributed by atoms with Crippen LogP contribution < -0.4 is 5.32 Å². The van der Waals surface area contributed by atoms with Gasteiger partial charge in [0, 0.05) is 30.2 Å². The Morgan fingerprint density at radius 3 is 2.43 bits per heavy atom. The summed E-state index contributed by atoms with van der Waals surface area (Å²) in [6, 6.07) is 20.6. The van der Waals surface area contributed by atoms with Crippen molar-refractivity contribution in [3.8, 4) is 5.69 Å². The van der Waals surface area contributed by atoms with E-state index < -0.39 is 0 Å². The molecule has 0 bridgehead atoms. The Bertz CT molecular complexity index is 909. The van der Waals surface area contributed by atoms with Crippen LogP contribution in [0.3, 0.4) is 0 Å². The van der Waals surface area contributed by atoms with E-state index in [0.717, 1.165) is 18.8 Å². The Morgan fingerprint density at radius 2 is 1.71 bits per heavy atom. The molecule has 2 aromatic carbocycles. The van der Waals surface area contributed by atoms with Gasteiger partial charge < -0.3 is 9.88 Å². The fourth-order valence-corrected chi connectivity index (χ4v) is 3.91. The van der Waals surface area contributed by atoms with Crippen molar-refractivity contribution in [3.05, 3.63) is 89.7 Å². The van der Waals surface area contributed by atoms with Crippen LogP contribution in [0.2, 0.25) is 0 Å². The molecule has 1 aromatic heterocycles. The Labute approximate surface area is 166 Å². The lowest BCUT2D eigenvalue weighted by Crippen LogP contribution is -2.36. The van der Waals surface area contributed by atoms with Crippen molar-refractivity contribution in [2.45, 2.75) is 25.8 Å². The van der Waals surface area contributed by atoms with Crippen molar-refractivity contribution in [1.82, 2.24) is 14.8 Å². The molecule has 144 valence electrons. The first-order valence-corrected chi connectivity index (χ1v) is 10.0. The summed E-state index contributed by atoms with van der Waals surface area (Å²) in [5.41, 5.74) is 4.21. The van der Waals surface area contributed by atoms with E-state index in [-0.39, 0.29) is 11.9 Å². The van der Waals surface area contributed by atoms with Crippen molar-refractivity contribution >= 4 is 5.91 Å². The highest BCUT2D eigenvalue weighted by Crippen LogP contribution is 2.25. The molecule has 4 nitrogen and oxygen atoms in total. The van der Waals surface area contributed by atoms with Crippen LogP contribution in [0, 0.1) is 6.92 Å². The molecule has 1 aliphatic heterocycles. The fourth-order valence-electron chi connectivity index (χ4n) is 3.91. The summed E-state index contributed by atoms with van der Waals surface area (Å²) in [6.45, 7) is 4.92. The van der Waals surface area contributed by atoms with Crippen molar-refractivity contribution in [2.24, 2.45) is 0 Å². The second-order valence-corrected chi connectivity index (χ2v) is 7.52. The smallest absolute Gasteiger partial charge is 0.251 e. The topological polar surface area (TPSA) is 37.3 Å². The molecule has 1 unspecified atom stereocenters. The number of aryl methyl sites for hydroxylation is 1. The highest BCUT2D eigenvalue weighted by atomic mass is 16.1. The number of rotatable bonds is 6. The number of nitrogens with one attached hydrogen (secondary N) is 1. The Kier molecular flexibility index (Phi) is 5.58. The number of amides is 1. The third-order valence-electron chi connectivity index (χ3n) is 5.51. The highest BCUT2D eigenvalue weighted by Gasteiger charge is 2.24. The minimum atomic E-state index is -0.0229. The maximum absolute atomic E-state index is 12.8. The molecule has 28 heavy (non-hydrogen) atoms. The molecule has 0 radical (unpaired) electrons. The number of likely N-dealkylation sites (tertiary alicyclic amines) is 1. The highest BCUT2D eigenvalue weighted by molar-refractivity contribution is 5.94. The Morgan fingerprint density at radius 1 is 1.00 bits per heavy atom. The van der Waals surface area contributed by atoms with Gasteiger partial charge in [0.25, 0.3) is 5.91 Å². The first-order chi connectivity index (χ1) is 13.7. The molecule has 3 aromatic rings. The standard InChI is InChI=1S/C24H27N3O/c1-19-9-11-20(12-10-19)23(27-15-4-5-16-27)18-25-24(28)21-7-6-8-22(17-21)26-13-2-3-14-26/h2-3,6-14,17,23H,4-5,15-16,18H2,1H3,(H,25,28). The van der Waals surface area contributed by atoms with Crippen LogP contribution in [0.25, 0.3) is 5.69 Å². The number of hydrogen-bond donors (Lipinski definition) is 1. The zero-order valence-corrected chi connectivity index (χ0v) is 16.3. The molecule has 2 heterocycles. The van der Waals surface area contributed by atoms with Crippen molar-refractivity contribution in [1.29, 1.82) is 0 Å². The van der Waals surface area contributed by atoms with Gasteiger partial charge in [-0.05, 0) is 68.8 Å². The van der Waals surface area contributed by atoms with E-state index in [1.807, 2.05) is 53.4 Å². The Hall–Kier alpha value is -2.85. The van der Waals surface area contributed by atoms with Crippen LogP contribution in [0.5, 0.6) is 0 Å². The van der Waals surface area contributed by atoms with Gasteiger partial charge in [0.05, 0.1) is 6.04 Å². The maximum Gasteiger partial charge on any atom is 0.251 e. The van der Waals surface area contributed by atoms with Gasteiger partial charge in [-0.25, -0.2) is 0 Å². The summed E-state index contributed by atoms with van der Waals surface area (Å²) in [4.78, 5) is 15.3. The van der Waals surface area contributed by atoms with Crippen LogP contribution in [0.4, 0.5) is 0 Å². The zero-order valence-electron chi connectivity index (χ0n) is 16.3. The lowest BCUT2D eigenvalue weighted by atomic mass is 10.0. The van der Waals surface area contributed by atoms with Gasteiger partial charge in [-0.1, -0.05) is 35.9 Å².